The summed E-state index contributed by atoms with van der Waals surface area (Å²) in [5.74, 6) is 0.294. The van der Waals surface area contributed by atoms with E-state index in [1.165, 1.54) is 32.1 Å². The number of hydrogen-bond acceptors (Lipinski definition) is 2. The van der Waals surface area contributed by atoms with Crippen LogP contribution in [0.15, 0.2) is 24.3 Å². The van der Waals surface area contributed by atoms with Gasteiger partial charge in [-0.3, -0.25) is 0 Å². The number of nitriles is 1. The molecule has 1 aliphatic rings. The number of phenols is 1. The largest absolute Gasteiger partial charge is 0.508 e. The minimum atomic E-state index is -0.183. The summed E-state index contributed by atoms with van der Waals surface area (Å²) >= 11 is 0. The lowest BCUT2D eigenvalue weighted by Crippen LogP contribution is -2.23. The van der Waals surface area contributed by atoms with Crippen molar-refractivity contribution in [1.82, 2.24) is 0 Å². The van der Waals surface area contributed by atoms with Crippen molar-refractivity contribution in [3.63, 3.8) is 0 Å². The predicted octanol–water partition coefficient (Wildman–Crippen LogP) is 4.19. The molecule has 0 heterocycles. The van der Waals surface area contributed by atoms with Crippen molar-refractivity contribution in [3.8, 4) is 11.8 Å². The van der Waals surface area contributed by atoms with E-state index in [0.717, 1.165) is 24.8 Å². The quantitative estimate of drug-likeness (QED) is 0.846. The SMILES string of the molecule is N#CC1(Cc2ccc(O)cc2)CCCCCCC1. The molecule has 0 aromatic heterocycles. The van der Waals surface area contributed by atoms with Crippen molar-refractivity contribution in [2.24, 2.45) is 5.41 Å². The molecule has 96 valence electrons. The van der Waals surface area contributed by atoms with E-state index in [2.05, 4.69) is 6.07 Å². The number of rotatable bonds is 2. The second-order valence-corrected chi connectivity index (χ2v) is 5.50. The maximum Gasteiger partial charge on any atom is 0.115 e. The van der Waals surface area contributed by atoms with Crippen LogP contribution in [0.3, 0.4) is 0 Å². The Morgan fingerprint density at radius 1 is 1.00 bits per heavy atom. The standard InChI is InChI=1S/C16H21NO/c17-13-16(10-4-2-1-3-5-11-16)12-14-6-8-15(18)9-7-14/h6-9,18H,1-5,10-12H2. The highest BCUT2D eigenvalue weighted by Crippen LogP contribution is 2.36. The van der Waals surface area contributed by atoms with Crippen LogP contribution in [0.1, 0.15) is 50.5 Å². The molecule has 0 amide bonds. The normalized spacial score (nSPS) is 19.5. The fourth-order valence-corrected chi connectivity index (χ4v) is 2.91. The Kier molecular flexibility index (Phi) is 4.25. The van der Waals surface area contributed by atoms with Crippen molar-refractivity contribution in [3.05, 3.63) is 29.8 Å². The van der Waals surface area contributed by atoms with Crippen LogP contribution in [-0.4, -0.2) is 5.11 Å². The molecule has 0 saturated heterocycles. The number of phenolic OH excluding ortho intramolecular Hbond substituents is 1. The molecule has 0 aliphatic heterocycles. The second kappa shape index (κ2) is 5.91. The van der Waals surface area contributed by atoms with Gasteiger partial charge in [-0.25, -0.2) is 0 Å². The van der Waals surface area contributed by atoms with Gasteiger partial charge in [0.1, 0.15) is 5.75 Å². The third-order valence-electron chi connectivity index (χ3n) is 4.03. The first-order chi connectivity index (χ1) is 8.74. The van der Waals surface area contributed by atoms with E-state index < -0.39 is 0 Å². The molecule has 2 nitrogen and oxygen atoms in total. The lowest BCUT2D eigenvalue weighted by molar-refractivity contribution is 0.287. The molecule has 18 heavy (non-hydrogen) atoms. The molecule has 0 unspecified atom stereocenters. The first-order valence-corrected chi connectivity index (χ1v) is 6.93. The van der Waals surface area contributed by atoms with E-state index in [1.54, 1.807) is 12.1 Å². The van der Waals surface area contributed by atoms with Crippen LogP contribution in [0.2, 0.25) is 0 Å². The van der Waals surface area contributed by atoms with Gasteiger partial charge in [0.05, 0.1) is 11.5 Å². The Balaban J connectivity index is 2.11. The zero-order chi connectivity index (χ0) is 12.8. The smallest absolute Gasteiger partial charge is 0.115 e. The fraction of sp³-hybridized carbons (Fsp3) is 0.562. The monoisotopic (exact) mass is 243 g/mol. The Morgan fingerprint density at radius 2 is 1.56 bits per heavy atom. The van der Waals surface area contributed by atoms with Gasteiger partial charge in [0.15, 0.2) is 0 Å². The van der Waals surface area contributed by atoms with Crippen LogP contribution in [-0.2, 0) is 6.42 Å². The molecule has 0 radical (unpaired) electrons. The van der Waals surface area contributed by atoms with Gasteiger partial charge in [-0.05, 0) is 37.0 Å². The van der Waals surface area contributed by atoms with E-state index >= 15 is 0 Å². The van der Waals surface area contributed by atoms with Crippen molar-refractivity contribution in [2.45, 2.75) is 51.4 Å². The van der Waals surface area contributed by atoms with Crippen molar-refractivity contribution < 1.29 is 5.11 Å². The Bertz CT molecular complexity index is 408. The number of nitrogens with zero attached hydrogens (tertiary/aromatic N) is 1. The third kappa shape index (κ3) is 3.26. The van der Waals surface area contributed by atoms with Crippen molar-refractivity contribution in [1.29, 1.82) is 5.26 Å². The van der Waals surface area contributed by atoms with Crippen molar-refractivity contribution >= 4 is 0 Å². The molecular weight excluding hydrogens is 222 g/mol. The van der Waals surface area contributed by atoms with E-state index in [9.17, 15) is 10.4 Å². The molecule has 1 fully saturated rings. The number of benzene rings is 1. The van der Waals surface area contributed by atoms with Gasteiger partial charge in [0.2, 0.25) is 0 Å². The lowest BCUT2D eigenvalue weighted by Gasteiger charge is -2.28. The highest BCUT2D eigenvalue weighted by atomic mass is 16.3. The highest BCUT2D eigenvalue weighted by molar-refractivity contribution is 5.27. The van der Waals surface area contributed by atoms with Gasteiger partial charge in [-0.15, -0.1) is 0 Å². The summed E-state index contributed by atoms with van der Waals surface area (Å²) in [7, 11) is 0. The molecule has 1 aromatic rings. The van der Waals surface area contributed by atoms with Gasteiger partial charge in [-0.2, -0.15) is 5.26 Å². The molecule has 1 aromatic carbocycles. The molecule has 1 aliphatic carbocycles. The van der Waals surface area contributed by atoms with Crippen LogP contribution in [0, 0.1) is 16.7 Å². The van der Waals surface area contributed by atoms with Crippen LogP contribution in [0.5, 0.6) is 5.75 Å². The van der Waals surface area contributed by atoms with Gasteiger partial charge < -0.3 is 5.11 Å². The Labute approximate surface area is 109 Å². The summed E-state index contributed by atoms with van der Waals surface area (Å²) in [6, 6.07) is 9.88. The summed E-state index contributed by atoms with van der Waals surface area (Å²) in [4.78, 5) is 0. The molecular formula is C16H21NO. The molecule has 1 N–H and O–H groups in total. The van der Waals surface area contributed by atoms with Crippen LogP contribution >= 0.6 is 0 Å². The first-order valence-electron chi connectivity index (χ1n) is 6.93. The Morgan fingerprint density at radius 3 is 2.11 bits per heavy atom. The zero-order valence-electron chi connectivity index (χ0n) is 10.9. The highest BCUT2D eigenvalue weighted by Gasteiger charge is 2.30. The minimum Gasteiger partial charge on any atom is -0.508 e. The third-order valence-corrected chi connectivity index (χ3v) is 4.03. The topological polar surface area (TPSA) is 44.0 Å². The number of aromatic hydroxyl groups is 1. The summed E-state index contributed by atoms with van der Waals surface area (Å²) in [5, 5.41) is 18.9. The zero-order valence-corrected chi connectivity index (χ0v) is 10.9. The van der Waals surface area contributed by atoms with E-state index in [1.807, 2.05) is 12.1 Å². The predicted molar refractivity (Wildman–Crippen MR) is 72.2 cm³/mol. The maximum atomic E-state index is 9.57. The summed E-state index contributed by atoms with van der Waals surface area (Å²) in [6.45, 7) is 0. The average molecular weight is 243 g/mol. The van der Waals surface area contributed by atoms with E-state index in [0.29, 0.717) is 5.75 Å². The molecule has 0 bridgehead atoms. The molecule has 2 rings (SSSR count). The molecule has 0 spiro atoms. The van der Waals surface area contributed by atoms with Gasteiger partial charge >= 0.3 is 0 Å². The Hall–Kier alpha value is -1.49. The van der Waals surface area contributed by atoms with E-state index in [-0.39, 0.29) is 5.41 Å². The maximum absolute atomic E-state index is 9.57. The van der Waals surface area contributed by atoms with Gasteiger partial charge in [-0.1, -0.05) is 44.2 Å². The van der Waals surface area contributed by atoms with E-state index in [4.69, 9.17) is 0 Å². The van der Waals surface area contributed by atoms with Crippen LogP contribution in [0.4, 0.5) is 0 Å². The van der Waals surface area contributed by atoms with Crippen LogP contribution in [0.25, 0.3) is 0 Å². The summed E-state index contributed by atoms with van der Waals surface area (Å²) in [5.41, 5.74) is 0.979. The average Bonchev–Trinajstić information content (AvgIpc) is 2.36. The second-order valence-electron chi connectivity index (χ2n) is 5.50. The lowest BCUT2D eigenvalue weighted by atomic mass is 9.73. The minimum absolute atomic E-state index is 0.183. The summed E-state index contributed by atoms with van der Waals surface area (Å²) < 4.78 is 0. The first kappa shape index (κ1) is 13.0. The van der Waals surface area contributed by atoms with Crippen molar-refractivity contribution in [2.75, 3.05) is 0 Å². The molecule has 2 heteroatoms. The van der Waals surface area contributed by atoms with Gasteiger partial charge in [0, 0.05) is 0 Å². The number of hydrogen-bond donors (Lipinski definition) is 1. The fourth-order valence-electron chi connectivity index (χ4n) is 2.91. The van der Waals surface area contributed by atoms with Crippen LogP contribution < -0.4 is 0 Å². The summed E-state index contributed by atoms with van der Waals surface area (Å²) in [6.07, 6.45) is 9.05. The van der Waals surface area contributed by atoms with Gasteiger partial charge in [0.25, 0.3) is 0 Å². The molecule has 1 saturated carbocycles. The molecule has 0 atom stereocenters.